The standard InChI is InChI=1S/C26H29N3O7P2/c30-19-8-4-17(5-9-19)13-20(31)10-3-16-1-6-18(7-2-16)25(32)27-23-11-12-29(26(33)28-23)24-14-21(36-38)22(35-24)15-34-37/h1-2,4-9,11-12,21-22,24,30H,3,10,13-15,37-38H2,(H,27,28,32,33)/t21-,22-,24-/m1/s1. The average molecular weight is 557 g/mol. The molecule has 0 bridgehead atoms. The van der Waals surface area contributed by atoms with Gasteiger partial charge in [0.1, 0.15) is 29.7 Å². The van der Waals surface area contributed by atoms with Gasteiger partial charge in [0.25, 0.3) is 5.91 Å². The summed E-state index contributed by atoms with van der Waals surface area (Å²) in [6, 6.07) is 15.0. The van der Waals surface area contributed by atoms with Crippen molar-refractivity contribution in [2.75, 3.05) is 11.9 Å². The van der Waals surface area contributed by atoms with Crippen LogP contribution in [-0.2, 0) is 31.4 Å². The van der Waals surface area contributed by atoms with E-state index in [1.807, 2.05) is 0 Å². The first-order valence-electron chi connectivity index (χ1n) is 12.0. The molecule has 10 nitrogen and oxygen atoms in total. The van der Waals surface area contributed by atoms with Crippen molar-refractivity contribution >= 4 is 36.4 Å². The highest BCUT2D eigenvalue weighted by Gasteiger charge is 2.37. The van der Waals surface area contributed by atoms with Gasteiger partial charge in [-0.2, -0.15) is 4.98 Å². The van der Waals surface area contributed by atoms with Crippen molar-refractivity contribution in [3.8, 4) is 5.75 Å². The Morgan fingerprint density at radius 2 is 1.79 bits per heavy atom. The molecule has 200 valence electrons. The van der Waals surface area contributed by atoms with Crippen LogP contribution in [0, 0.1) is 0 Å². The van der Waals surface area contributed by atoms with Crippen molar-refractivity contribution < 1.29 is 28.5 Å². The third-order valence-electron chi connectivity index (χ3n) is 6.24. The first-order valence-corrected chi connectivity index (χ1v) is 12.9. The summed E-state index contributed by atoms with van der Waals surface area (Å²) in [6.45, 7) is 0.297. The highest BCUT2D eigenvalue weighted by molar-refractivity contribution is 7.10. The molecular formula is C26H29N3O7P2. The van der Waals surface area contributed by atoms with Gasteiger partial charge < -0.3 is 24.2 Å². The molecule has 2 unspecified atom stereocenters. The number of anilines is 1. The molecule has 3 aromatic rings. The van der Waals surface area contributed by atoms with Crippen LogP contribution in [0.4, 0.5) is 5.82 Å². The van der Waals surface area contributed by atoms with Gasteiger partial charge in [0.15, 0.2) is 0 Å². The van der Waals surface area contributed by atoms with Crippen LogP contribution >= 0.6 is 18.9 Å². The van der Waals surface area contributed by atoms with E-state index in [9.17, 15) is 19.5 Å². The van der Waals surface area contributed by atoms with E-state index in [0.717, 1.165) is 11.1 Å². The molecule has 1 saturated heterocycles. The molecule has 1 aliphatic rings. The van der Waals surface area contributed by atoms with Crippen LogP contribution in [0.25, 0.3) is 0 Å². The van der Waals surface area contributed by atoms with Gasteiger partial charge in [-0.15, -0.1) is 0 Å². The van der Waals surface area contributed by atoms with E-state index >= 15 is 0 Å². The molecule has 0 spiro atoms. The second-order valence-corrected chi connectivity index (χ2v) is 9.51. The van der Waals surface area contributed by atoms with Crippen LogP contribution in [-0.4, -0.2) is 45.2 Å². The fourth-order valence-corrected chi connectivity index (χ4v) is 4.66. The molecule has 0 radical (unpaired) electrons. The molecule has 2 aromatic carbocycles. The number of aromatic nitrogens is 2. The van der Waals surface area contributed by atoms with Crippen molar-refractivity contribution in [3.05, 3.63) is 88.0 Å². The molecule has 0 saturated carbocycles. The van der Waals surface area contributed by atoms with E-state index in [0.29, 0.717) is 37.9 Å². The lowest BCUT2D eigenvalue weighted by Crippen LogP contribution is -2.28. The molecular weight excluding hydrogens is 528 g/mol. The Kier molecular flexibility index (Phi) is 9.72. The lowest BCUT2D eigenvalue weighted by molar-refractivity contribution is -0.118. The summed E-state index contributed by atoms with van der Waals surface area (Å²) in [5.74, 6) is -0.0243. The number of phenolic OH excluding ortho intramolecular Hbond substituents is 1. The minimum atomic E-state index is -0.560. The molecule has 4 rings (SSSR count). The fraction of sp³-hybridized carbons (Fsp3) is 0.308. The number of ether oxygens (including phenoxy) is 1. The summed E-state index contributed by atoms with van der Waals surface area (Å²) in [5, 5.41) is 12.0. The summed E-state index contributed by atoms with van der Waals surface area (Å²) in [7, 11) is 4.37. The zero-order chi connectivity index (χ0) is 27.1. The van der Waals surface area contributed by atoms with Gasteiger partial charge in [-0.05, 0) is 47.9 Å². The van der Waals surface area contributed by atoms with E-state index in [4.69, 9.17) is 13.8 Å². The second kappa shape index (κ2) is 13.2. The van der Waals surface area contributed by atoms with Crippen LogP contribution in [0.2, 0.25) is 0 Å². The molecule has 1 fully saturated rings. The Labute approximate surface area is 224 Å². The maximum absolute atomic E-state index is 12.7. The summed E-state index contributed by atoms with van der Waals surface area (Å²) >= 11 is 0. The molecule has 1 aromatic heterocycles. The minimum Gasteiger partial charge on any atom is -0.508 e. The van der Waals surface area contributed by atoms with Gasteiger partial charge in [-0.25, -0.2) is 4.79 Å². The topological polar surface area (TPSA) is 129 Å². The zero-order valence-electron chi connectivity index (χ0n) is 20.5. The van der Waals surface area contributed by atoms with Crippen LogP contribution in [0.5, 0.6) is 5.75 Å². The number of amides is 1. The highest BCUT2D eigenvalue weighted by atomic mass is 31.0. The predicted octanol–water partition coefficient (Wildman–Crippen LogP) is 3.22. The minimum absolute atomic E-state index is 0.0890. The van der Waals surface area contributed by atoms with Gasteiger partial charge in [-0.1, -0.05) is 24.3 Å². The van der Waals surface area contributed by atoms with Crippen LogP contribution in [0.15, 0.2) is 65.6 Å². The number of phenols is 1. The summed E-state index contributed by atoms with van der Waals surface area (Å²) < 4.78 is 17.6. The molecule has 12 heteroatoms. The Hall–Kier alpha value is -3.00. The number of Topliss-reactive ketones (excluding diaryl/α,β-unsaturated/α-hetero) is 1. The number of nitrogens with one attached hydrogen (secondary N) is 1. The number of aryl methyl sites for hydroxylation is 1. The number of aromatic hydroxyl groups is 1. The third-order valence-corrected chi connectivity index (χ3v) is 6.79. The first-order chi connectivity index (χ1) is 18.4. The number of benzene rings is 2. The second-order valence-electron chi connectivity index (χ2n) is 8.91. The Bertz CT molecular complexity index is 1320. The van der Waals surface area contributed by atoms with Crippen molar-refractivity contribution in [2.45, 2.75) is 44.1 Å². The van der Waals surface area contributed by atoms with Gasteiger partial charge in [0, 0.05) is 50.0 Å². The number of ketones is 1. The van der Waals surface area contributed by atoms with E-state index in [1.54, 1.807) is 48.5 Å². The summed E-state index contributed by atoms with van der Waals surface area (Å²) in [4.78, 5) is 41.5. The average Bonchev–Trinajstić information content (AvgIpc) is 3.32. The van der Waals surface area contributed by atoms with Crippen LogP contribution < -0.4 is 11.0 Å². The van der Waals surface area contributed by atoms with Gasteiger partial charge >= 0.3 is 5.69 Å². The molecule has 5 atom stereocenters. The van der Waals surface area contributed by atoms with Crippen LogP contribution in [0.3, 0.4) is 0 Å². The van der Waals surface area contributed by atoms with Gasteiger partial charge in [0.2, 0.25) is 0 Å². The monoisotopic (exact) mass is 557 g/mol. The molecule has 0 aliphatic carbocycles. The predicted molar refractivity (Wildman–Crippen MR) is 147 cm³/mol. The smallest absolute Gasteiger partial charge is 0.351 e. The summed E-state index contributed by atoms with van der Waals surface area (Å²) in [6.07, 6.45) is 2.05. The van der Waals surface area contributed by atoms with Crippen molar-refractivity contribution in [2.24, 2.45) is 0 Å². The van der Waals surface area contributed by atoms with E-state index in [1.165, 1.54) is 16.8 Å². The van der Waals surface area contributed by atoms with E-state index < -0.39 is 17.8 Å². The Morgan fingerprint density at radius 1 is 1.08 bits per heavy atom. The Morgan fingerprint density at radius 3 is 2.45 bits per heavy atom. The maximum Gasteiger partial charge on any atom is 0.351 e. The lowest BCUT2D eigenvalue weighted by Gasteiger charge is -2.16. The number of carbonyl (C=O) groups is 2. The maximum atomic E-state index is 12.7. The largest absolute Gasteiger partial charge is 0.508 e. The van der Waals surface area contributed by atoms with Crippen molar-refractivity contribution in [3.63, 3.8) is 0 Å². The van der Waals surface area contributed by atoms with E-state index in [2.05, 4.69) is 29.2 Å². The van der Waals surface area contributed by atoms with Gasteiger partial charge in [-0.3, -0.25) is 14.2 Å². The van der Waals surface area contributed by atoms with Crippen molar-refractivity contribution in [1.82, 2.24) is 9.55 Å². The van der Waals surface area contributed by atoms with E-state index in [-0.39, 0.29) is 29.6 Å². The molecule has 2 heterocycles. The number of hydrogen-bond donors (Lipinski definition) is 2. The molecule has 1 aliphatic heterocycles. The highest BCUT2D eigenvalue weighted by Crippen LogP contribution is 2.31. The SMILES string of the molecule is O=C(CCc1ccc(C(=O)Nc2ccn([C@H]3C[C@@H](OP)[C@@H](COP)O3)c(=O)n2)cc1)Cc1ccc(O)cc1. The fourth-order valence-electron chi connectivity index (χ4n) is 4.19. The number of carbonyl (C=O) groups excluding carboxylic acids is 2. The van der Waals surface area contributed by atoms with Crippen LogP contribution in [0.1, 0.15) is 40.6 Å². The summed E-state index contributed by atoms with van der Waals surface area (Å²) in [5.41, 5.74) is 1.62. The third kappa shape index (κ3) is 7.31. The molecule has 2 N–H and O–H groups in total. The normalized spacial score (nSPS) is 18.8. The molecule has 38 heavy (non-hydrogen) atoms. The molecule has 1 amide bonds. The Balaban J connectivity index is 1.30. The zero-order valence-corrected chi connectivity index (χ0v) is 22.8. The lowest BCUT2D eigenvalue weighted by atomic mass is 10.0. The number of rotatable bonds is 11. The number of hydrogen-bond acceptors (Lipinski definition) is 8. The number of nitrogens with zero attached hydrogens (tertiary/aromatic N) is 2. The first kappa shape index (κ1) is 28.0. The van der Waals surface area contributed by atoms with Crippen molar-refractivity contribution in [1.29, 1.82) is 0 Å². The van der Waals surface area contributed by atoms with Gasteiger partial charge in [0.05, 0.1) is 12.7 Å². The quantitative estimate of drug-likeness (QED) is 0.344.